The van der Waals surface area contributed by atoms with E-state index < -0.39 is 11.6 Å². The number of methoxy groups -OCH3 is 1. The molecule has 6 unspecified atom stereocenters. The van der Waals surface area contributed by atoms with Gasteiger partial charge in [-0.1, -0.05) is 124 Å². The van der Waals surface area contributed by atoms with Crippen molar-refractivity contribution in [1.82, 2.24) is 24.8 Å². The van der Waals surface area contributed by atoms with Crippen LogP contribution in [0.2, 0.25) is 0 Å². The Kier molecular flexibility index (Phi) is 34.0. The van der Waals surface area contributed by atoms with Crippen molar-refractivity contribution in [1.29, 1.82) is 0 Å². The third-order valence-corrected chi connectivity index (χ3v) is 18.9. The van der Waals surface area contributed by atoms with Gasteiger partial charge in [0.05, 0.1) is 23.1 Å². The number of likely N-dealkylation sites (tertiary alicyclic amines) is 1. The molecule has 5 aromatic rings. The van der Waals surface area contributed by atoms with Gasteiger partial charge in [-0.15, -0.1) is 6.42 Å². The summed E-state index contributed by atoms with van der Waals surface area (Å²) in [7, 11) is 6.06. The lowest BCUT2D eigenvalue weighted by atomic mass is 9.87. The standard InChI is InChI=1S/C35H37F2N5O2.C25H44N2.C10H18O2.2C2H4O.C2H6/c1-4-25-28(36)12-11-23-9-5-10-26(29(23)25)31-30(37)32-27(18-38-31)33(41-16-6-8-22(2)19-41)40-34(39-32)44-21-35-14-7-17-42(35)24(13-15-35)20-43-3;1-7-9-22(12-10-20(3)8-2)19-27-16-14-23(15-17-27)24-13-11-21(4)25(18-24)26(5)6;1-4-8(2)10(12)9(3)6-5-7-11;2*1-2-3;1-2/h1,5,9-12,18,22,24H,6-8,13-17,19-21H2,2-3H3;11,13,18,20,22-23H,7-10,12,14-17,19H2,1-6H3;7-9H,4-6H2,1-3H3;2*2H,1H3;1-2H3/t22?,24-,35?;;;;;/m1...../s1. The van der Waals surface area contributed by atoms with Gasteiger partial charge in [-0.05, 0) is 170 Å². The molecule has 0 bridgehead atoms. The molecule has 4 fully saturated rings. The van der Waals surface area contributed by atoms with Crippen LogP contribution in [0.15, 0.2) is 54.7 Å². The molecule has 0 amide bonds. The number of carbonyl (C=O) groups excluding carboxylic acids is 4. The van der Waals surface area contributed by atoms with Crippen molar-refractivity contribution in [3.8, 4) is 29.6 Å². The van der Waals surface area contributed by atoms with Crippen LogP contribution >= 0.6 is 0 Å². The fourth-order valence-corrected chi connectivity index (χ4v) is 13.6. The molecule has 0 N–H and O–H groups in total. The molecule has 4 aliphatic rings. The van der Waals surface area contributed by atoms with Crippen LogP contribution in [-0.4, -0.2) is 135 Å². The number of carbonyl (C=O) groups is 4. The maximum atomic E-state index is 16.7. The summed E-state index contributed by atoms with van der Waals surface area (Å²) in [5.74, 6) is 5.44. The van der Waals surface area contributed by atoms with Gasteiger partial charge >= 0.3 is 6.01 Å². The Bertz CT molecular complexity index is 3060. The minimum absolute atomic E-state index is 0.0464. The molecule has 502 valence electrons. The first kappa shape index (κ1) is 77.2. The van der Waals surface area contributed by atoms with Crippen molar-refractivity contribution >= 4 is 57.8 Å². The lowest BCUT2D eigenvalue weighted by Crippen LogP contribution is -2.47. The van der Waals surface area contributed by atoms with E-state index in [4.69, 9.17) is 30.5 Å². The zero-order valence-corrected chi connectivity index (χ0v) is 58.4. The number of aldehydes is 3. The van der Waals surface area contributed by atoms with E-state index in [1.165, 1.54) is 95.7 Å². The number of anilines is 2. The van der Waals surface area contributed by atoms with Crippen LogP contribution in [0.3, 0.4) is 0 Å². The highest BCUT2D eigenvalue weighted by atomic mass is 19.1. The van der Waals surface area contributed by atoms with Crippen LogP contribution in [0.5, 0.6) is 6.01 Å². The summed E-state index contributed by atoms with van der Waals surface area (Å²) in [6.07, 6.45) is 27.7. The largest absolute Gasteiger partial charge is 0.461 e. The van der Waals surface area contributed by atoms with Crippen molar-refractivity contribution in [2.75, 3.05) is 83.5 Å². The van der Waals surface area contributed by atoms with Gasteiger partial charge in [0, 0.05) is 88.0 Å². The van der Waals surface area contributed by atoms with Crippen molar-refractivity contribution in [2.24, 2.45) is 29.6 Å². The van der Waals surface area contributed by atoms with Crippen molar-refractivity contribution in [3.63, 3.8) is 0 Å². The number of aromatic nitrogens is 3. The summed E-state index contributed by atoms with van der Waals surface area (Å²) in [6, 6.07) is 16.0. The monoisotopic (exact) mass is 1260 g/mol. The van der Waals surface area contributed by atoms with Crippen LogP contribution in [0, 0.1) is 60.5 Å². The molecular formula is C76H113F2N7O6. The third-order valence-electron chi connectivity index (χ3n) is 18.9. The second-order valence-electron chi connectivity index (χ2n) is 25.7. The van der Waals surface area contributed by atoms with Gasteiger partial charge in [0.15, 0.2) is 5.82 Å². The highest BCUT2D eigenvalue weighted by Gasteiger charge is 2.50. The Morgan fingerprint density at radius 2 is 1.58 bits per heavy atom. The molecule has 91 heavy (non-hydrogen) atoms. The SMILES string of the molecule is C#Cc1c(F)ccc2cccc(-c3ncc4c(N5CCCC(C)C5)nc(OCC56CCCN5[C@@H](COC)CC6)nc4c3F)c12.CC.CC=O.CC=O.CCC(C)C(=O)C(C)CCC=O.CCCC(CCC(C)CC)CN1CCC(c2ccc(C)c(N(C)C)c2)CC1. The van der Waals surface area contributed by atoms with Crippen molar-refractivity contribution in [3.05, 3.63) is 83.1 Å². The normalized spacial score (nSPS) is 19.3. The van der Waals surface area contributed by atoms with Gasteiger partial charge in [-0.2, -0.15) is 9.97 Å². The number of ether oxygens (including phenoxy) is 2. The van der Waals surface area contributed by atoms with Crippen LogP contribution < -0.4 is 14.5 Å². The zero-order valence-electron chi connectivity index (χ0n) is 58.4. The van der Waals surface area contributed by atoms with E-state index in [0.717, 1.165) is 101 Å². The quantitative estimate of drug-likeness (QED) is 0.0453. The summed E-state index contributed by atoms with van der Waals surface area (Å²) >= 11 is 0. The van der Waals surface area contributed by atoms with E-state index in [1.54, 1.807) is 37.1 Å². The number of ketones is 1. The number of pyridine rings is 1. The molecule has 6 heterocycles. The van der Waals surface area contributed by atoms with E-state index >= 15 is 4.39 Å². The molecule has 4 saturated heterocycles. The molecule has 0 radical (unpaired) electrons. The van der Waals surface area contributed by atoms with Crippen LogP contribution in [0.25, 0.3) is 32.9 Å². The summed E-state index contributed by atoms with van der Waals surface area (Å²) in [6.45, 7) is 31.9. The number of piperidine rings is 2. The molecule has 7 atom stereocenters. The van der Waals surface area contributed by atoms with Gasteiger partial charge in [0.2, 0.25) is 0 Å². The zero-order chi connectivity index (χ0) is 67.2. The molecule has 3 aromatic carbocycles. The van der Waals surface area contributed by atoms with E-state index in [-0.39, 0.29) is 40.2 Å². The maximum Gasteiger partial charge on any atom is 0.319 e. The third kappa shape index (κ3) is 21.7. The number of benzene rings is 3. The summed E-state index contributed by atoms with van der Waals surface area (Å²) in [5.41, 5.74) is 4.90. The molecule has 4 aliphatic heterocycles. The number of terminal acetylenes is 1. The highest BCUT2D eigenvalue weighted by molar-refractivity contribution is 6.02. The van der Waals surface area contributed by atoms with Gasteiger partial charge in [-0.25, -0.2) is 8.78 Å². The average molecular weight is 1260 g/mol. The number of nitrogens with zero attached hydrogens (tertiary/aromatic N) is 7. The second kappa shape index (κ2) is 40.0. The van der Waals surface area contributed by atoms with Gasteiger partial charge in [-0.3, -0.25) is 14.7 Å². The Balaban J connectivity index is 0.000000319. The van der Waals surface area contributed by atoms with Crippen LogP contribution in [0.1, 0.15) is 202 Å². The Morgan fingerprint density at radius 3 is 2.21 bits per heavy atom. The summed E-state index contributed by atoms with van der Waals surface area (Å²) < 4.78 is 43.4. The predicted molar refractivity (Wildman–Crippen MR) is 373 cm³/mol. The predicted octanol–water partition coefficient (Wildman–Crippen LogP) is 16.5. The maximum absolute atomic E-state index is 16.7. The summed E-state index contributed by atoms with van der Waals surface area (Å²) in [5, 5.41) is 1.68. The van der Waals surface area contributed by atoms with E-state index in [2.05, 4.69) is 102 Å². The van der Waals surface area contributed by atoms with Gasteiger partial charge in [0.25, 0.3) is 0 Å². The van der Waals surface area contributed by atoms with Crippen molar-refractivity contribution < 1.29 is 37.4 Å². The van der Waals surface area contributed by atoms with Crippen LogP contribution in [0.4, 0.5) is 20.3 Å². The minimum Gasteiger partial charge on any atom is -0.461 e. The number of hydrogen-bond donors (Lipinski definition) is 0. The first-order valence-electron chi connectivity index (χ1n) is 34.3. The summed E-state index contributed by atoms with van der Waals surface area (Å²) in [4.78, 5) is 63.0. The fourth-order valence-electron chi connectivity index (χ4n) is 13.6. The van der Waals surface area contributed by atoms with Gasteiger partial charge in [0.1, 0.15) is 54.1 Å². The van der Waals surface area contributed by atoms with E-state index in [9.17, 15) is 14.0 Å². The Morgan fingerprint density at radius 1 is 0.868 bits per heavy atom. The number of rotatable bonds is 23. The number of Topliss-reactive ketones (excluding diaryl/α,β-unsaturated/α-hetero) is 1. The second-order valence-corrected chi connectivity index (χ2v) is 25.7. The molecule has 0 spiro atoms. The molecular weight excluding hydrogens is 1140 g/mol. The number of fused-ring (bicyclic) bond motifs is 3. The number of halogens is 2. The topological polar surface area (TPSA) is 138 Å². The molecule has 0 aliphatic carbocycles. The highest BCUT2D eigenvalue weighted by Crippen LogP contribution is 2.44. The fraction of sp³-hybridized carbons (Fsp3) is 0.618. The Labute approximate surface area is 546 Å². The average Bonchev–Trinajstić information content (AvgIpc) is 1.56. The molecule has 2 aromatic heterocycles. The van der Waals surface area contributed by atoms with E-state index in [1.807, 2.05) is 40.7 Å². The molecule has 13 nitrogen and oxygen atoms in total. The smallest absolute Gasteiger partial charge is 0.319 e. The first-order chi connectivity index (χ1) is 43.8. The lowest BCUT2D eigenvalue weighted by Gasteiger charge is -2.35. The Hall–Kier alpha value is -6.21. The molecule has 9 rings (SSSR count). The number of hydrogen-bond acceptors (Lipinski definition) is 13. The van der Waals surface area contributed by atoms with Crippen LogP contribution in [-0.2, 0) is 23.9 Å². The minimum atomic E-state index is -0.609. The first-order valence-corrected chi connectivity index (χ1v) is 34.3. The van der Waals surface area contributed by atoms with Gasteiger partial charge < -0.3 is 38.6 Å². The molecule has 15 heteroatoms. The molecule has 0 saturated carbocycles. The lowest BCUT2D eigenvalue weighted by molar-refractivity contribution is -0.126. The number of aryl methyl sites for hydroxylation is 1. The van der Waals surface area contributed by atoms with Crippen molar-refractivity contribution in [2.45, 2.75) is 203 Å². The van der Waals surface area contributed by atoms with E-state index in [0.29, 0.717) is 71.3 Å².